The second-order valence-corrected chi connectivity index (χ2v) is 11.6. The van der Waals surface area contributed by atoms with Crippen LogP contribution in [0.2, 0.25) is 0 Å². The largest absolute Gasteiger partial charge is 0.455 e. The predicted octanol–water partition coefficient (Wildman–Crippen LogP) is 11.4. The van der Waals surface area contributed by atoms with Gasteiger partial charge in [-0.15, -0.1) is 0 Å². The Bertz CT molecular complexity index is 2280. The first kappa shape index (κ1) is 22.1. The zero-order valence-electron chi connectivity index (χ0n) is 21.5. The minimum atomic E-state index is 0.926. The van der Waals surface area contributed by atoms with Gasteiger partial charge in [-0.25, -0.2) is 0 Å². The van der Waals surface area contributed by atoms with E-state index < -0.39 is 0 Å². The third-order valence-electron chi connectivity index (χ3n) is 8.27. The summed E-state index contributed by atoms with van der Waals surface area (Å²) in [7, 11) is 0. The summed E-state index contributed by atoms with van der Waals surface area (Å²) in [6.07, 6.45) is 0. The molecule has 0 saturated carbocycles. The van der Waals surface area contributed by atoms with Crippen molar-refractivity contribution in [2.75, 3.05) is 0 Å². The Labute approximate surface area is 235 Å². The molecule has 2 heterocycles. The van der Waals surface area contributed by atoms with Crippen molar-refractivity contribution in [3.05, 3.63) is 133 Å². The molecule has 186 valence electrons. The first-order chi connectivity index (χ1) is 19.8. The van der Waals surface area contributed by atoms with Crippen molar-refractivity contribution < 1.29 is 4.42 Å². The maximum Gasteiger partial charge on any atom is 0.143 e. The molecule has 0 bridgehead atoms. The summed E-state index contributed by atoms with van der Waals surface area (Å²) < 4.78 is 6.42. The van der Waals surface area contributed by atoms with Crippen LogP contribution in [0.25, 0.3) is 76.9 Å². The van der Waals surface area contributed by atoms with Gasteiger partial charge in [0.1, 0.15) is 11.2 Å². The Morgan fingerprint density at radius 3 is 2.10 bits per heavy atom. The monoisotopic (exact) mass is 526 g/mol. The summed E-state index contributed by atoms with van der Waals surface area (Å²) in [6.45, 7) is 0. The molecule has 0 radical (unpaired) electrons. The molecular formula is C38H22OS. The fraction of sp³-hybridized carbons (Fsp3) is 0. The lowest BCUT2D eigenvalue weighted by molar-refractivity contribution is 0.673. The van der Waals surface area contributed by atoms with Crippen molar-refractivity contribution in [2.24, 2.45) is 0 Å². The van der Waals surface area contributed by atoms with E-state index in [0.29, 0.717) is 0 Å². The predicted molar refractivity (Wildman–Crippen MR) is 169 cm³/mol. The zero-order valence-corrected chi connectivity index (χ0v) is 22.3. The fourth-order valence-corrected chi connectivity index (χ4v) is 7.51. The summed E-state index contributed by atoms with van der Waals surface area (Å²) in [6, 6.07) is 48.3. The van der Waals surface area contributed by atoms with Gasteiger partial charge in [-0.2, -0.15) is 0 Å². The molecule has 1 aromatic heterocycles. The van der Waals surface area contributed by atoms with Crippen molar-refractivity contribution in [3.8, 4) is 33.4 Å². The fourth-order valence-electron chi connectivity index (χ4n) is 6.38. The topological polar surface area (TPSA) is 13.1 Å². The van der Waals surface area contributed by atoms with Crippen LogP contribution >= 0.6 is 11.8 Å². The van der Waals surface area contributed by atoms with E-state index in [1.54, 1.807) is 0 Å². The number of rotatable bonds is 2. The Hall–Kier alpha value is -4.79. The molecule has 2 heteroatoms. The lowest BCUT2D eigenvalue weighted by Crippen LogP contribution is -1.93. The highest BCUT2D eigenvalue weighted by molar-refractivity contribution is 7.99. The smallest absolute Gasteiger partial charge is 0.143 e. The van der Waals surface area contributed by atoms with Crippen molar-refractivity contribution in [1.82, 2.24) is 0 Å². The second-order valence-electron chi connectivity index (χ2n) is 10.5. The van der Waals surface area contributed by atoms with Crippen LogP contribution in [0.15, 0.2) is 148 Å². The standard InChI is InChI=1S/C38H22OS/c1-2-9-29-24(6-1)18-20-31-37-28(10-5-12-33(37)39-38(29)31)25-16-14-23(15-17-25)27-19-21-34-32(22-27)30-11-3-7-26-8-4-13-35(40-34)36(26)30/h1-22H. The number of furan rings is 1. The van der Waals surface area contributed by atoms with Gasteiger partial charge in [0, 0.05) is 31.3 Å². The molecular weight excluding hydrogens is 504 g/mol. The van der Waals surface area contributed by atoms with Crippen LogP contribution in [0, 0.1) is 0 Å². The van der Waals surface area contributed by atoms with Gasteiger partial charge in [-0.05, 0) is 74.5 Å². The van der Waals surface area contributed by atoms with E-state index in [1.165, 1.54) is 64.7 Å². The van der Waals surface area contributed by atoms with Gasteiger partial charge in [-0.1, -0.05) is 115 Å². The van der Waals surface area contributed by atoms with Crippen LogP contribution in [0.4, 0.5) is 0 Å². The van der Waals surface area contributed by atoms with E-state index in [2.05, 4.69) is 133 Å². The first-order valence-corrected chi connectivity index (χ1v) is 14.4. The van der Waals surface area contributed by atoms with E-state index in [4.69, 9.17) is 4.42 Å². The van der Waals surface area contributed by atoms with Crippen molar-refractivity contribution in [3.63, 3.8) is 0 Å². The normalized spacial score (nSPS) is 12.4. The van der Waals surface area contributed by atoms with Gasteiger partial charge in [-0.3, -0.25) is 0 Å². The molecule has 1 aliphatic rings. The molecule has 0 unspecified atom stereocenters. The van der Waals surface area contributed by atoms with Crippen LogP contribution in [0.1, 0.15) is 0 Å². The zero-order chi connectivity index (χ0) is 26.2. The Morgan fingerprint density at radius 1 is 0.425 bits per heavy atom. The summed E-state index contributed by atoms with van der Waals surface area (Å²) >= 11 is 1.87. The summed E-state index contributed by atoms with van der Waals surface area (Å²) in [4.78, 5) is 2.66. The molecule has 0 fully saturated rings. The quantitative estimate of drug-likeness (QED) is 0.222. The van der Waals surface area contributed by atoms with Crippen LogP contribution in [0.3, 0.4) is 0 Å². The number of benzene rings is 7. The highest BCUT2D eigenvalue weighted by atomic mass is 32.2. The average molecular weight is 527 g/mol. The van der Waals surface area contributed by atoms with Crippen molar-refractivity contribution in [2.45, 2.75) is 9.79 Å². The van der Waals surface area contributed by atoms with Gasteiger partial charge >= 0.3 is 0 Å². The van der Waals surface area contributed by atoms with Crippen LogP contribution < -0.4 is 0 Å². The molecule has 0 N–H and O–H groups in total. The summed E-state index contributed by atoms with van der Waals surface area (Å²) in [5.74, 6) is 0. The highest BCUT2D eigenvalue weighted by Crippen LogP contribution is 2.49. The third-order valence-corrected chi connectivity index (χ3v) is 9.41. The van der Waals surface area contributed by atoms with Crippen molar-refractivity contribution >= 4 is 55.2 Å². The molecule has 8 aromatic rings. The molecule has 1 aliphatic heterocycles. The number of hydrogen-bond donors (Lipinski definition) is 0. The van der Waals surface area contributed by atoms with Gasteiger partial charge < -0.3 is 4.42 Å². The molecule has 7 aromatic carbocycles. The number of hydrogen-bond acceptors (Lipinski definition) is 2. The molecule has 9 rings (SSSR count). The lowest BCUT2D eigenvalue weighted by atomic mass is 9.93. The van der Waals surface area contributed by atoms with Gasteiger partial charge in [0.15, 0.2) is 0 Å². The average Bonchev–Trinajstić information content (AvgIpc) is 3.41. The minimum absolute atomic E-state index is 0.926. The molecule has 0 aliphatic carbocycles. The SMILES string of the molecule is c1cc2c3c(cccc3c1)-c1cc(-c3ccc(-c4cccc5oc6c7ccccc7ccc6c45)cc3)ccc1S2. The Kier molecular flexibility index (Phi) is 4.61. The van der Waals surface area contributed by atoms with Gasteiger partial charge in [0.25, 0.3) is 0 Å². The third kappa shape index (κ3) is 3.17. The first-order valence-electron chi connectivity index (χ1n) is 13.6. The molecule has 0 saturated heterocycles. The number of fused-ring (bicyclic) bond motifs is 7. The van der Waals surface area contributed by atoms with Crippen LogP contribution in [-0.4, -0.2) is 0 Å². The van der Waals surface area contributed by atoms with Gasteiger partial charge in [0.2, 0.25) is 0 Å². The maximum atomic E-state index is 6.42. The summed E-state index contributed by atoms with van der Waals surface area (Å²) in [5.41, 5.74) is 9.37. The van der Waals surface area contributed by atoms with Crippen LogP contribution in [-0.2, 0) is 0 Å². The maximum absolute atomic E-state index is 6.42. The molecule has 40 heavy (non-hydrogen) atoms. The van der Waals surface area contributed by atoms with Crippen molar-refractivity contribution in [1.29, 1.82) is 0 Å². The summed E-state index contributed by atoms with van der Waals surface area (Å²) in [5, 5.41) is 7.35. The molecule has 0 atom stereocenters. The van der Waals surface area contributed by atoms with E-state index in [1.807, 2.05) is 11.8 Å². The molecule has 0 spiro atoms. The van der Waals surface area contributed by atoms with E-state index >= 15 is 0 Å². The van der Waals surface area contributed by atoms with Crippen LogP contribution in [0.5, 0.6) is 0 Å². The minimum Gasteiger partial charge on any atom is -0.455 e. The molecule has 0 amide bonds. The Balaban J connectivity index is 1.15. The molecule has 1 nitrogen and oxygen atoms in total. The second kappa shape index (κ2) is 8.35. The Morgan fingerprint density at radius 2 is 1.18 bits per heavy atom. The lowest BCUT2D eigenvalue weighted by Gasteiger charge is -2.21. The highest BCUT2D eigenvalue weighted by Gasteiger charge is 2.20. The van der Waals surface area contributed by atoms with Gasteiger partial charge in [0.05, 0.1) is 0 Å². The van der Waals surface area contributed by atoms with E-state index in [-0.39, 0.29) is 0 Å². The van der Waals surface area contributed by atoms with E-state index in [9.17, 15) is 0 Å². The van der Waals surface area contributed by atoms with E-state index in [0.717, 1.165) is 21.9 Å².